The third-order valence-corrected chi connectivity index (χ3v) is 3.39. The SMILES string of the molecule is CC(C)(C)CNC(=O)c1nc(Nc2cc(F)nc(F)c2)cc2c1OCO2. The highest BCUT2D eigenvalue weighted by Crippen LogP contribution is 2.37. The van der Waals surface area contributed by atoms with E-state index in [9.17, 15) is 13.6 Å². The number of carbonyl (C=O) groups is 1. The van der Waals surface area contributed by atoms with Gasteiger partial charge in [-0.15, -0.1) is 0 Å². The van der Waals surface area contributed by atoms with Gasteiger partial charge in [-0.2, -0.15) is 13.8 Å². The number of pyridine rings is 2. The van der Waals surface area contributed by atoms with Crippen molar-refractivity contribution in [2.24, 2.45) is 5.41 Å². The molecule has 2 N–H and O–H groups in total. The van der Waals surface area contributed by atoms with E-state index in [0.29, 0.717) is 12.3 Å². The molecule has 26 heavy (non-hydrogen) atoms. The quantitative estimate of drug-likeness (QED) is 0.812. The second kappa shape index (κ2) is 6.74. The van der Waals surface area contributed by atoms with Crippen molar-refractivity contribution < 1.29 is 23.0 Å². The second-order valence-electron chi connectivity index (χ2n) is 6.96. The first-order chi connectivity index (χ1) is 12.2. The molecule has 0 radical (unpaired) electrons. The van der Waals surface area contributed by atoms with Gasteiger partial charge in [0.05, 0.1) is 0 Å². The van der Waals surface area contributed by atoms with Gasteiger partial charge in [-0.1, -0.05) is 20.8 Å². The number of ether oxygens (including phenoxy) is 2. The third kappa shape index (κ3) is 4.16. The number of nitrogens with zero attached hydrogens (tertiary/aromatic N) is 2. The average Bonchev–Trinajstić information content (AvgIpc) is 2.98. The summed E-state index contributed by atoms with van der Waals surface area (Å²) in [4.78, 5) is 19.7. The summed E-state index contributed by atoms with van der Waals surface area (Å²) in [6.45, 7) is 6.33. The van der Waals surface area contributed by atoms with Crippen LogP contribution < -0.4 is 20.1 Å². The van der Waals surface area contributed by atoms with Crippen LogP contribution in [-0.4, -0.2) is 29.2 Å². The van der Waals surface area contributed by atoms with Gasteiger partial charge >= 0.3 is 0 Å². The number of amides is 1. The highest BCUT2D eigenvalue weighted by Gasteiger charge is 2.26. The molecule has 2 aromatic heterocycles. The van der Waals surface area contributed by atoms with Crippen LogP contribution in [0.3, 0.4) is 0 Å². The van der Waals surface area contributed by atoms with Crippen molar-refractivity contribution in [1.29, 1.82) is 0 Å². The van der Waals surface area contributed by atoms with Crippen LogP contribution in [0.1, 0.15) is 31.3 Å². The molecule has 1 aliphatic rings. The van der Waals surface area contributed by atoms with Crippen molar-refractivity contribution in [1.82, 2.24) is 15.3 Å². The molecule has 0 saturated carbocycles. The Hall–Kier alpha value is -2.97. The van der Waals surface area contributed by atoms with Crippen molar-refractivity contribution in [3.63, 3.8) is 0 Å². The summed E-state index contributed by atoms with van der Waals surface area (Å²) < 4.78 is 37.1. The highest BCUT2D eigenvalue weighted by atomic mass is 19.1. The first-order valence-electron chi connectivity index (χ1n) is 7.90. The number of hydrogen-bond acceptors (Lipinski definition) is 6. The van der Waals surface area contributed by atoms with Crippen LogP contribution in [0.5, 0.6) is 11.5 Å². The van der Waals surface area contributed by atoms with E-state index in [4.69, 9.17) is 9.47 Å². The van der Waals surface area contributed by atoms with Crippen LogP contribution in [0.15, 0.2) is 18.2 Å². The van der Waals surface area contributed by atoms with Gasteiger partial charge in [-0.25, -0.2) is 4.98 Å². The molecule has 0 atom stereocenters. The van der Waals surface area contributed by atoms with Gasteiger partial charge < -0.3 is 20.1 Å². The summed E-state index contributed by atoms with van der Waals surface area (Å²) >= 11 is 0. The first kappa shape index (κ1) is 17.8. The molecule has 138 valence electrons. The van der Waals surface area contributed by atoms with E-state index in [1.54, 1.807) is 0 Å². The Labute approximate surface area is 148 Å². The van der Waals surface area contributed by atoms with Gasteiger partial charge in [-0.05, 0) is 5.41 Å². The predicted octanol–water partition coefficient (Wildman–Crippen LogP) is 3.00. The number of aromatic nitrogens is 2. The maximum Gasteiger partial charge on any atom is 0.274 e. The lowest BCUT2D eigenvalue weighted by Gasteiger charge is -2.19. The standard InChI is InChI=1S/C17H18F2N4O3/c1-17(2,3)7-20-16(24)14-15-10(25-8-26-15)6-13(23-14)21-9-4-11(18)22-12(19)5-9/h4-6H,7-8H2,1-3H3,(H,20,24)(H,21,22,23). The summed E-state index contributed by atoms with van der Waals surface area (Å²) in [5, 5.41) is 5.52. The third-order valence-electron chi connectivity index (χ3n) is 3.39. The minimum absolute atomic E-state index is 0.0294. The number of rotatable bonds is 4. The van der Waals surface area contributed by atoms with Gasteiger partial charge in [0.25, 0.3) is 5.91 Å². The molecule has 9 heteroatoms. The van der Waals surface area contributed by atoms with Crippen LogP contribution in [0.25, 0.3) is 0 Å². The summed E-state index contributed by atoms with van der Waals surface area (Å²) in [6, 6.07) is 3.50. The second-order valence-corrected chi connectivity index (χ2v) is 6.96. The van der Waals surface area contributed by atoms with Crippen molar-refractivity contribution in [2.45, 2.75) is 20.8 Å². The Morgan fingerprint density at radius 3 is 2.50 bits per heavy atom. The maximum absolute atomic E-state index is 13.2. The molecule has 3 heterocycles. The molecule has 0 spiro atoms. The smallest absolute Gasteiger partial charge is 0.274 e. The fourth-order valence-electron chi connectivity index (χ4n) is 2.24. The average molecular weight is 364 g/mol. The van der Waals surface area contributed by atoms with Crippen LogP contribution >= 0.6 is 0 Å². The highest BCUT2D eigenvalue weighted by molar-refractivity contribution is 5.96. The summed E-state index contributed by atoms with van der Waals surface area (Å²) in [5.41, 5.74) is 0.0159. The Bertz CT molecular complexity index is 832. The van der Waals surface area contributed by atoms with Crippen LogP contribution in [0.2, 0.25) is 0 Å². The zero-order chi connectivity index (χ0) is 18.9. The van der Waals surface area contributed by atoms with E-state index in [1.165, 1.54) is 6.07 Å². The first-order valence-corrected chi connectivity index (χ1v) is 7.90. The summed E-state index contributed by atoms with van der Waals surface area (Å²) in [7, 11) is 0. The van der Waals surface area contributed by atoms with Crippen LogP contribution in [-0.2, 0) is 0 Å². The van der Waals surface area contributed by atoms with E-state index in [-0.39, 0.29) is 35.2 Å². The Balaban J connectivity index is 1.89. The number of nitrogens with one attached hydrogen (secondary N) is 2. The molecule has 3 rings (SSSR count). The molecular formula is C17H18F2N4O3. The van der Waals surface area contributed by atoms with Crippen molar-refractivity contribution >= 4 is 17.4 Å². The summed E-state index contributed by atoms with van der Waals surface area (Å²) in [6.07, 6.45) is 0. The topological polar surface area (TPSA) is 85.4 Å². The van der Waals surface area contributed by atoms with Gasteiger partial charge in [0, 0.05) is 30.4 Å². The fraction of sp³-hybridized carbons (Fsp3) is 0.353. The van der Waals surface area contributed by atoms with Gasteiger partial charge in [-0.3, -0.25) is 4.79 Å². The zero-order valence-corrected chi connectivity index (χ0v) is 14.5. The van der Waals surface area contributed by atoms with Crippen molar-refractivity contribution in [3.05, 3.63) is 35.8 Å². The lowest BCUT2D eigenvalue weighted by atomic mass is 9.97. The molecular weight excluding hydrogens is 346 g/mol. The largest absolute Gasteiger partial charge is 0.453 e. The van der Waals surface area contributed by atoms with Crippen LogP contribution in [0, 0.1) is 17.3 Å². The molecule has 0 fully saturated rings. The molecule has 2 aromatic rings. The zero-order valence-electron chi connectivity index (χ0n) is 14.5. The minimum Gasteiger partial charge on any atom is -0.453 e. The van der Waals surface area contributed by atoms with Crippen molar-refractivity contribution in [3.8, 4) is 11.5 Å². The number of anilines is 2. The number of halogens is 2. The van der Waals surface area contributed by atoms with Gasteiger partial charge in [0.2, 0.25) is 18.7 Å². The van der Waals surface area contributed by atoms with E-state index in [1.807, 2.05) is 20.8 Å². The Morgan fingerprint density at radius 2 is 1.85 bits per heavy atom. The molecule has 1 aliphatic heterocycles. The Kier molecular flexibility index (Phi) is 4.62. The number of carbonyl (C=O) groups excluding carboxylic acids is 1. The fourth-order valence-corrected chi connectivity index (χ4v) is 2.24. The maximum atomic E-state index is 13.2. The van der Waals surface area contributed by atoms with E-state index in [2.05, 4.69) is 20.6 Å². The lowest BCUT2D eigenvalue weighted by Crippen LogP contribution is -2.33. The molecule has 7 nitrogen and oxygen atoms in total. The Morgan fingerprint density at radius 1 is 1.15 bits per heavy atom. The molecule has 0 aliphatic carbocycles. The summed E-state index contributed by atoms with van der Waals surface area (Å²) in [5.74, 6) is -1.65. The normalized spacial score (nSPS) is 12.8. The van der Waals surface area contributed by atoms with E-state index < -0.39 is 17.8 Å². The van der Waals surface area contributed by atoms with Gasteiger partial charge in [0.1, 0.15) is 5.82 Å². The van der Waals surface area contributed by atoms with Crippen molar-refractivity contribution in [2.75, 3.05) is 18.7 Å². The molecule has 0 saturated heterocycles. The lowest BCUT2D eigenvalue weighted by molar-refractivity contribution is 0.0929. The molecule has 1 amide bonds. The van der Waals surface area contributed by atoms with E-state index in [0.717, 1.165) is 12.1 Å². The molecule has 0 aromatic carbocycles. The van der Waals surface area contributed by atoms with E-state index >= 15 is 0 Å². The minimum atomic E-state index is -0.976. The predicted molar refractivity (Wildman–Crippen MR) is 89.6 cm³/mol. The van der Waals surface area contributed by atoms with Crippen LogP contribution in [0.4, 0.5) is 20.3 Å². The molecule has 0 bridgehead atoms. The monoisotopic (exact) mass is 364 g/mol. The number of fused-ring (bicyclic) bond motifs is 1. The van der Waals surface area contributed by atoms with Gasteiger partial charge in [0.15, 0.2) is 17.2 Å². The molecule has 0 unspecified atom stereocenters. The number of hydrogen-bond donors (Lipinski definition) is 2.